The molecule has 0 atom stereocenters. The summed E-state index contributed by atoms with van der Waals surface area (Å²) in [6, 6.07) is 8.61. The predicted molar refractivity (Wildman–Crippen MR) is 87.1 cm³/mol. The van der Waals surface area contributed by atoms with E-state index in [1.165, 1.54) is 28.9 Å². The quantitative estimate of drug-likeness (QED) is 0.570. The minimum Gasteiger partial charge on any atom is -0.320 e. The molecule has 0 saturated heterocycles. The number of carbonyl (C=O) groups excluding carboxylic acids is 1. The third kappa shape index (κ3) is 3.24. The van der Waals surface area contributed by atoms with Crippen molar-refractivity contribution >= 4 is 17.3 Å². The van der Waals surface area contributed by atoms with Crippen molar-refractivity contribution in [2.45, 2.75) is 6.92 Å². The van der Waals surface area contributed by atoms with Crippen molar-refractivity contribution in [2.75, 3.05) is 5.32 Å². The number of non-ortho nitro benzene ring substituents is 1. The maximum Gasteiger partial charge on any atom is 0.278 e. The smallest absolute Gasteiger partial charge is 0.278 e. The number of hydrogen-bond donors (Lipinski definition) is 1. The van der Waals surface area contributed by atoms with Gasteiger partial charge in [0.1, 0.15) is 0 Å². The van der Waals surface area contributed by atoms with Gasteiger partial charge in [-0.2, -0.15) is 0 Å². The SMILES string of the molecule is Cc1c(C(=O)Nc2ccc(F)c(F)c2)nnn1-c1cccc([N+](=O)[O-])c1. The first-order valence-electron chi connectivity index (χ1n) is 7.30. The van der Waals surface area contributed by atoms with Crippen LogP contribution in [0.25, 0.3) is 5.69 Å². The lowest BCUT2D eigenvalue weighted by atomic mass is 10.2. The molecule has 10 heteroatoms. The van der Waals surface area contributed by atoms with Crippen LogP contribution in [0.3, 0.4) is 0 Å². The lowest BCUT2D eigenvalue weighted by Gasteiger charge is -2.05. The van der Waals surface area contributed by atoms with Crippen LogP contribution in [0, 0.1) is 28.7 Å². The van der Waals surface area contributed by atoms with Crippen LogP contribution in [0.5, 0.6) is 0 Å². The third-order valence-corrected chi connectivity index (χ3v) is 3.57. The molecule has 3 rings (SSSR count). The van der Waals surface area contributed by atoms with Crippen LogP contribution in [0.1, 0.15) is 16.2 Å². The molecule has 1 aromatic heterocycles. The van der Waals surface area contributed by atoms with Gasteiger partial charge in [-0.15, -0.1) is 5.10 Å². The fourth-order valence-corrected chi connectivity index (χ4v) is 2.29. The van der Waals surface area contributed by atoms with Crippen LogP contribution in [-0.4, -0.2) is 25.8 Å². The minimum absolute atomic E-state index is 0.0539. The van der Waals surface area contributed by atoms with E-state index in [4.69, 9.17) is 0 Å². The van der Waals surface area contributed by atoms with Crippen LogP contribution in [0.2, 0.25) is 0 Å². The van der Waals surface area contributed by atoms with Crippen LogP contribution in [0.15, 0.2) is 42.5 Å². The van der Waals surface area contributed by atoms with Crippen molar-refractivity contribution in [1.82, 2.24) is 15.0 Å². The van der Waals surface area contributed by atoms with Crippen molar-refractivity contribution in [3.8, 4) is 5.69 Å². The largest absolute Gasteiger partial charge is 0.320 e. The highest BCUT2D eigenvalue weighted by Crippen LogP contribution is 2.19. The van der Waals surface area contributed by atoms with E-state index in [1.807, 2.05) is 0 Å². The van der Waals surface area contributed by atoms with Crippen LogP contribution in [-0.2, 0) is 0 Å². The van der Waals surface area contributed by atoms with Crippen molar-refractivity contribution < 1.29 is 18.5 Å². The highest BCUT2D eigenvalue weighted by Gasteiger charge is 2.19. The summed E-state index contributed by atoms with van der Waals surface area (Å²) in [6.45, 7) is 1.55. The van der Waals surface area contributed by atoms with E-state index < -0.39 is 22.5 Å². The molecule has 1 amide bonds. The summed E-state index contributed by atoms with van der Waals surface area (Å²) >= 11 is 0. The van der Waals surface area contributed by atoms with Gasteiger partial charge in [0.2, 0.25) is 0 Å². The molecule has 1 N–H and O–H groups in total. The average Bonchev–Trinajstić information content (AvgIpc) is 3.00. The Morgan fingerprint density at radius 2 is 1.96 bits per heavy atom. The van der Waals surface area contributed by atoms with Gasteiger partial charge in [0, 0.05) is 23.9 Å². The van der Waals surface area contributed by atoms with E-state index in [9.17, 15) is 23.7 Å². The van der Waals surface area contributed by atoms with E-state index in [1.54, 1.807) is 13.0 Å². The summed E-state index contributed by atoms with van der Waals surface area (Å²) in [5.41, 5.74) is 0.547. The fraction of sp³-hybridized carbons (Fsp3) is 0.0625. The van der Waals surface area contributed by atoms with Gasteiger partial charge in [0.25, 0.3) is 11.6 Å². The van der Waals surface area contributed by atoms with Crippen molar-refractivity contribution in [3.05, 3.63) is 75.6 Å². The molecule has 132 valence electrons. The van der Waals surface area contributed by atoms with Gasteiger partial charge >= 0.3 is 0 Å². The molecule has 0 radical (unpaired) electrons. The number of carbonyl (C=O) groups is 1. The number of nitro benzene ring substituents is 1. The van der Waals surface area contributed by atoms with E-state index in [-0.39, 0.29) is 17.1 Å². The molecule has 3 aromatic rings. The number of aromatic nitrogens is 3. The fourth-order valence-electron chi connectivity index (χ4n) is 2.29. The third-order valence-electron chi connectivity index (χ3n) is 3.57. The first-order chi connectivity index (χ1) is 12.4. The van der Waals surface area contributed by atoms with Crippen LogP contribution >= 0.6 is 0 Å². The molecule has 0 spiro atoms. The monoisotopic (exact) mass is 359 g/mol. The molecule has 1 heterocycles. The summed E-state index contributed by atoms with van der Waals surface area (Å²) < 4.78 is 27.4. The number of halogens is 2. The van der Waals surface area contributed by atoms with Crippen LogP contribution in [0.4, 0.5) is 20.2 Å². The number of nitro groups is 1. The number of anilines is 1. The second kappa shape index (κ2) is 6.67. The highest BCUT2D eigenvalue weighted by atomic mass is 19.2. The number of rotatable bonds is 4. The Bertz CT molecular complexity index is 1020. The standard InChI is InChI=1S/C16H11F2N5O3/c1-9-15(16(24)19-10-5-6-13(17)14(18)7-10)20-21-22(9)11-3-2-4-12(8-11)23(25)26/h2-8H,1H3,(H,19,24). The average molecular weight is 359 g/mol. The second-order valence-corrected chi connectivity index (χ2v) is 5.30. The molecule has 0 aliphatic carbocycles. The van der Waals surface area contributed by atoms with E-state index in [0.717, 1.165) is 12.1 Å². The number of nitrogens with zero attached hydrogens (tertiary/aromatic N) is 4. The summed E-state index contributed by atoms with van der Waals surface area (Å²) in [5, 5.41) is 20.9. The van der Waals surface area contributed by atoms with Gasteiger partial charge in [-0.1, -0.05) is 11.3 Å². The highest BCUT2D eigenvalue weighted by molar-refractivity contribution is 6.03. The summed E-state index contributed by atoms with van der Waals surface area (Å²) in [6.07, 6.45) is 0. The maximum absolute atomic E-state index is 13.2. The molecule has 8 nitrogen and oxygen atoms in total. The topological polar surface area (TPSA) is 103 Å². The van der Waals surface area contributed by atoms with Crippen LogP contribution < -0.4 is 5.32 Å². The molecule has 0 aliphatic heterocycles. The van der Waals surface area contributed by atoms with E-state index in [0.29, 0.717) is 11.4 Å². The number of hydrogen-bond acceptors (Lipinski definition) is 5. The minimum atomic E-state index is -1.10. The van der Waals surface area contributed by atoms with Gasteiger partial charge in [-0.3, -0.25) is 14.9 Å². The number of nitrogens with one attached hydrogen (secondary N) is 1. The molecule has 2 aromatic carbocycles. The van der Waals surface area contributed by atoms with Crippen molar-refractivity contribution in [3.63, 3.8) is 0 Å². The van der Waals surface area contributed by atoms with Gasteiger partial charge in [0.15, 0.2) is 17.3 Å². The molecule has 0 unspecified atom stereocenters. The molecule has 0 aliphatic rings. The maximum atomic E-state index is 13.2. The van der Waals surface area contributed by atoms with E-state index >= 15 is 0 Å². The second-order valence-electron chi connectivity index (χ2n) is 5.30. The van der Waals surface area contributed by atoms with Gasteiger partial charge in [-0.25, -0.2) is 13.5 Å². The van der Waals surface area contributed by atoms with Gasteiger partial charge in [-0.05, 0) is 25.1 Å². The molecule has 0 fully saturated rings. The number of benzene rings is 2. The Morgan fingerprint density at radius 3 is 2.65 bits per heavy atom. The lowest BCUT2D eigenvalue weighted by molar-refractivity contribution is -0.384. The molecular weight excluding hydrogens is 348 g/mol. The number of amides is 1. The zero-order valence-electron chi connectivity index (χ0n) is 13.3. The Labute approximate surface area is 145 Å². The predicted octanol–water partition coefficient (Wildman–Crippen LogP) is 3.01. The van der Waals surface area contributed by atoms with E-state index in [2.05, 4.69) is 15.6 Å². The lowest BCUT2D eigenvalue weighted by Crippen LogP contribution is -2.14. The first-order valence-corrected chi connectivity index (χ1v) is 7.30. The summed E-state index contributed by atoms with van der Waals surface area (Å²) in [7, 11) is 0. The Balaban J connectivity index is 1.88. The Morgan fingerprint density at radius 1 is 1.19 bits per heavy atom. The zero-order chi connectivity index (χ0) is 18.8. The summed E-state index contributed by atoms with van der Waals surface area (Å²) in [4.78, 5) is 22.6. The van der Waals surface area contributed by atoms with Gasteiger partial charge in [0.05, 0.1) is 16.3 Å². The first kappa shape index (κ1) is 17.1. The Kier molecular flexibility index (Phi) is 4.40. The van der Waals surface area contributed by atoms with Crippen molar-refractivity contribution in [2.24, 2.45) is 0 Å². The normalized spacial score (nSPS) is 10.6. The Hall–Kier alpha value is -3.69. The molecule has 0 bridgehead atoms. The molecular formula is C16H11F2N5O3. The molecule has 26 heavy (non-hydrogen) atoms. The summed E-state index contributed by atoms with van der Waals surface area (Å²) in [5.74, 6) is -2.80. The van der Waals surface area contributed by atoms with Crippen molar-refractivity contribution in [1.29, 1.82) is 0 Å². The van der Waals surface area contributed by atoms with Gasteiger partial charge < -0.3 is 5.32 Å². The zero-order valence-corrected chi connectivity index (χ0v) is 13.3. The molecule has 0 saturated carbocycles.